The number of piperidine rings is 1. The maximum Gasteiger partial charge on any atom is 0.264 e. The Morgan fingerprint density at radius 2 is 2.09 bits per heavy atom. The zero-order chi connectivity index (χ0) is 16.3. The van der Waals surface area contributed by atoms with E-state index in [1.54, 1.807) is 7.11 Å². The summed E-state index contributed by atoms with van der Waals surface area (Å²) in [6, 6.07) is 3.82. The molecule has 3 heterocycles. The fourth-order valence-corrected chi connectivity index (χ4v) is 4.59. The molecule has 0 radical (unpaired) electrons. The van der Waals surface area contributed by atoms with Crippen LogP contribution in [-0.4, -0.2) is 66.2 Å². The topological polar surface area (TPSA) is 53.0 Å². The smallest absolute Gasteiger partial charge is 0.264 e. The summed E-state index contributed by atoms with van der Waals surface area (Å²) in [7, 11) is 1.66. The van der Waals surface area contributed by atoms with Crippen LogP contribution in [0.25, 0.3) is 0 Å². The van der Waals surface area contributed by atoms with E-state index in [1.807, 2.05) is 17.0 Å². The van der Waals surface area contributed by atoms with Crippen LogP contribution in [0.3, 0.4) is 0 Å². The maximum absolute atomic E-state index is 12.7. The van der Waals surface area contributed by atoms with Gasteiger partial charge in [-0.15, -0.1) is 11.3 Å². The number of carbonyl (C=O) groups is 1. The molecule has 6 heteroatoms. The Kier molecular flexibility index (Phi) is 5.36. The molecule has 1 atom stereocenters. The number of hydrogen-bond acceptors (Lipinski definition) is 5. The van der Waals surface area contributed by atoms with Gasteiger partial charge in [-0.3, -0.25) is 4.79 Å². The van der Waals surface area contributed by atoms with Crippen molar-refractivity contribution in [2.75, 3.05) is 39.8 Å². The van der Waals surface area contributed by atoms with Crippen LogP contribution in [-0.2, 0) is 11.3 Å². The normalized spacial score (nSPS) is 25.9. The number of methoxy groups -OCH3 is 1. The zero-order valence-corrected chi connectivity index (χ0v) is 14.6. The lowest BCUT2D eigenvalue weighted by molar-refractivity contribution is -0.0430. The summed E-state index contributed by atoms with van der Waals surface area (Å²) in [4.78, 5) is 18.7. The molecule has 1 N–H and O–H groups in total. The summed E-state index contributed by atoms with van der Waals surface area (Å²) in [5.41, 5.74) is -0.759. The molecule has 3 rings (SSSR count). The SMILES string of the molecule is COCc1ccc(C(=O)N2CCC[C@](O)(CN3CCCC3)C2)s1. The lowest BCUT2D eigenvalue weighted by atomic mass is 9.92. The number of thiophene rings is 1. The molecule has 2 aliphatic heterocycles. The number of nitrogens with zero attached hydrogens (tertiary/aromatic N) is 2. The van der Waals surface area contributed by atoms with Crippen LogP contribution in [0.5, 0.6) is 0 Å². The van der Waals surface area contributed by atoms with Crippen molar-refractivity contribution in [3.63, 3.8) is 0 Å². The van der Waals surface area contributed by atoms with Crippen molar-refractivity contribution < 1.29 is 14.6 Å². The van der Waals surface area contributed by atoms with Crippen LogP contribution >= 0.6 is 11.3 Å². The van der Waals surface area contributed by atoms with Crippen molar-refractivity contribution in [2.45, 2.75) is 37.9 Å². The van der Waals surface area contributed by atoms with Crippen LogP contribution < -0.4 is 0 Å². The van der Waals surface area contributed by atoms with E-state index in [0.717, 1.165) is 42.2 Å². The summed E-state index contributed by atoms with van der Waals surface area (Å²) in [6.45, 7) is 4.55. The molecule has 23 heavy (non-hydrogen) atoms. The molecule has 0 aromatic carbocycles. The summed E-state index contributed by atoms with van der Waals surface area (Å²) in [5, 5.41) is 10.9. The van der Waals surface area contributed by atoms with E-state index in [0.29, 0.717) is 19.7 Å². The van der Waals surface area contributed by atoms with Crippen molar-refractivity contribution >= 4 is 17.2 Å². The van der Waals surface area contributed by atoms with Crippen molar-refractivity contribution in [3.8, 4) is 0 Å². The molecule has 5 nitrogen and oxygen atoms in total. The summed E-state index contributed by atoms with van der Waals surface area (Å²) >= 11 is 1.48. The number of hydrogen-bond donors (Lipinski definition) is 1. The maximum atomic E-state index is 12.7. The van der Waals surface area contributed by atoms with Gasteiger partial charge in [-0.25, -0.2) is 0 Å². The number of aliphatic hydroxyl groups is 1. The Balaban J connectivity index is 1.63. The number of ether oxygens (including phenoxy) is 1. The lowest BCUT2D eigenvalue weighted by Gasteiger charge is -2.41. The number of amides is 1. The first kappa shape index (κ1) is 16.9. The molecule has 0 spiro atoms. The summed E-state index contributed by atoms with van der Waals surface area (Å²) < 4.78 is 5.11. The molecule has 1 amide bonds. The minimum atomic E-state index is -0.759. The predicted molar refractivity (Wildman–Crippen MR) is 90.8 cm³/mol. The van der Waals surface area contributed by atoms with Crippen molar-refractivity contribution in [2.24, 2.45) is 0 Å². The molecule has 2 saturated heterocycles. The highest BCUT2D eigenvalue weighted by atomic mass is 32.1. The molecule has 0 unspecified atom stereocenters. The largest absolute Gasteiger partial charge is 0.387 e. The fourth-order valence-electron chi connectivity index (χ4n) is 3.64. The van der Waals surface area contributed by atoms with Gasteiger partial charge in [0.25, 0.3) is 5.91 Å². The first-order valence-corrected chi connectivity index (χ1v) is 9.23. The number of likely N-dealkylation sites (tertiary alicyclic amines) is 2. The van der Waals surface area contributed by atoms with E-state index in [-0.39, 0.29) is 5.91 Å². The van der Waals surface area contributed by atoms with E-state index < -0.39 is 5.60 Å². The minimum Gasteiger partial charge on any atom is -0.387 e. The van der Waals surface area contributed by atoms with Crippen molar-refractivity contribution in [1.82, 2.24) is 9.80 Å². The van der Waals surface area contributed by atoms with Gasteiger partial charge >= 0.3 is 0 Å². The first-order chi connectivity index (χ1) is 11.1. The van der Waals surface area contributed by atoms with Gasteiger partial charge in [-0.2, -0.15) is 0 Å². The van der Waals surface area contributed by atoms with Crippen molar-refractivity contribution in [3.05, 3.63) is 21.9 Å². The van der Waals surface area contributed by atoms with E-state index in [4.69, 9.17) is 4.74 Å². The van der Waals surface area contributed by atoms with Crippen LogP contribution in [0.2, 0.25) is 0 Å². The quantitative estimate of drug-likeness (QED) is 0.892. The van der Waals surface area contributed by atoms with E-state index in [1.165, 1.54) is 24.2 Å². The van der Waals surface area contributed by atoms with E-state index in [9.17, 15) is 9.90 Å². The summed E-state index contributed by atoms with van der Waals surface area (Å²) in [5.74, 6) is 0.0388. The highest BCUT2D eigenvalue weighted by molar-refractivity contribution is 7.14. The highest BCUT2D eigenvalue weighted by Crippen LogP contribution is 2.27. The average molecular weight is 338 g/mol. The number of carbonyl (C=O) groups excluding carboxylic acids is 1. The molecular weight excluding hydrogens is 312 g/mol. The van der Waals surface area contributed by atoms with Gasteiger partial charge in [0.15, 0.2) is 0 Å². The third-order valence-electron chi connectivity index (χ3n) is 4.72. The van der Waals surface area contributed by atoms with Gasteiger partial charge in [0.1, 0.15) is 0 Å². The lowest BCUT2D eigenvalue weighted by Crippen LogP contribution is -2.55. The van der Waals surface area contributed by atoms with Gasteiger partial charge in [0.2, 0.25) is 0 Å². The third-order valence-corrected chi connectivity index (χ3v) is 5.76. The fraction of sp³-hybridized carbons (Fsp3) is 0.706. The van der Waals surface area contributed by atoms with Crippen molar-refractivity contribution in [1.29, 1.82) is 0 Å². The molecule has 1 aromatic heterocycles. The second-order valence-electron chi connectivity index (χ2n) is 6.74. The van der Waals surface area contributed by atoms with E-state index in [2.05, 4.69) is 4.90 Å². The molecular formula is C17H26N2O3S. The molecule has 2 aliphatic rings. The first-order valence-electron chi connectivity index (χ1n) is 8.41. The Labute approximate surface area is 141 Å². The van der Waals surface area contributed by atoms with Crippen LogP contribution in [0.15, 0.2) is 12.1 Å². The molecule has 0 saturated carbocycles. The molecule has 0 aliphatic carbocycles. The molecule has 2 fully saturated rings. The van der Waals surface area contributed by atoms with Crippen LogP contribution in [0.4, 0.5) is 0 Å². The minimum absolute atomic E-state index is 0.0388. The van der Waals surface area contributed by atoms with Gasteiger partial charge in [0.05, 0.1) is 23.6 Å². The average Bonchev–Trinajstić information content (AvgIpc) is 3.18. The number of β-amino-alcohol motifs (C(OH)–C–C–N with tert-alkyl or cyclic N) is 1. The second kappa shape index (κ2) is 7.30. The summed E-state index contributed by atoms with van der Waals surface area (Å²) in [6.07, 6.45) is 4.09. The molecule has 128 valence electrons. The third kappa shape index (κ3) is 4.12. The predicted octanol–water partition coefficient (Wildman–Crippen LogP) is 1.96. The number of rotatable bonds is 5. The molecule has 1 aromatic rings. The Bertz CT molecular complexity index is 542. The standard InChI is InChI=1S/C17H26N2O3S/c1-22-11-14-5-6-15(23-14)16(20)19-10-4-7-17(21,13-19)12-18-8-2-3-9-18/h5-6,21H,2-4,7-13H2,1H3/t17-/m0/s1. The van der Waals surface area contributed by atoms with Gasteiger partial charge in [0, 0.05) is 25.1 Å². The second-order valence-corrected chi connectivity index (χ2v) is 7.91. The van der Waals surface area contributed by atoms with Crippen LogP contribution in [0.1, 0.15) is 40.2 Å². The monoisotopic (exact) mass is 338 g/mol. The van der Waals surface area contributed by atoms with Crippen LogP contribution in [0, 0.1) is 0 Å². The Hall–Kier alpha value is -0.950. The zero-order valence-electron chi connectivity index (χ0n) is 13.8. The molecule has 0 bridgehead atoms. The Morgan fingerprint density at radius 1 is 1.30 bits per heavy atom. The highest BCUT2D eigenvalue weighted by Gasteiger charge is 2.37. The Morgan fingerprint density at radius 3 is 2.83 bits per heavy atom. The van der Waals surface area contributed by atoms with E-state index >= 15 is 0 Å². The van der Waals surface area contributed by atoms with Gasteiger partial charge in [-0.05, 0) is 50.9 Å². The van der Waals surface area contributed by atoms with Gasteiger partial charge < -0.3 is 19.6 Å². The van der Waals surface area contributed by atoms with Gasteiger partial charge in [-0.1, -0.05) is 0 Å².